The zero-order valence-electron chi connectivity index (χ0n) is 12.6. The van der Waals surface area contributed by atoms with E-state index in [0.29, 0.717) is 18.5 Å². The highest BCUT2D eigenvalue weighted by Crippen LogP contribution is 2.36. The van der Waals surface area contributed by atoms with E-state index in [2.05, 4.69) is 23.5 Å². The van der Waals surface area contributed by atoms with E-state index in [1.165, 1.54) is 0 Å². The summed E-state index contributed by atoms with van der Waals surface area (Å²) < 4.78 is 29.8. The standard InChI is InChI=1S/C16H24F2N2O/c1-11(2)13-7-5-9-20(13)14(10-19)12-6-3-4-8-15(12)21-16(17)18/h3-4,6,8,11,13-14,16H,5,7,9-10,19H2,1-2H3. The summed E-state index contributed by atoms with van der Waals surface area (Å²) in [4.78, 5) is 2.35. The van der Waals surface area contributed by atoms with Crippen molar-refractivity contribution in [1.82, 2.24) is 4.90 Å². The second kappa shape index (κ2) is 7.18. The fraction of sp³-hybridized carbons (Fsp3) is 0.625. The lowest BCUT2D eigenvalue weighted by molar-refractivity contribution is -0.0513. The normalized spacial score (nSPS) is 21.2. The van der Waals surface area contributed by atoms with Crippen LogP contribution in [0.15, 0.2) is 24.3 Å². The smallest absolute Gasteiger partial charge is 0.387 e. The molecular weight excluding hydrogens is 274 g/mol. The minimum Gasteiger partial charge on any atom is -0.434 e. The lowest BCUT2D eigenvalue weighted by atomic mass is 9.98. The lowest BCUT2D eigenvalue weighted by Crippen LogP contribution is -2.40. The molecule has 2 unspecified atom stereocenters. The van der Waals surface area contributed by atoms with Crippen LogP contribution >= 0.6 is 0 Å². The Bertz CT molecular complexity index is 454. The van der Waals surface area contributed by atoms with Gasteiger partial charge in [-0.2, -0.15) is 8.78 Å². The molecule has 0 saturated carbocycles. The van der Waals surface area contributed by atoms with Gasteiger partial charge >= 0.3 is 6.61 Å². The summed E-state index contributed by atoms with van der Waals surface area (Å²) in [5.74, 6) is 0.752. The van der Waals surface area contributed by atoms with Gasteiger partial charge in [0.15, 0.2) is 0 Å². The maximum absolute atomic E-state index is 12.6. The fourth-order valence-electron chi connectivity index (χ4n) is 3.32. The van der Waals surface area contributed by atoms with Gasteiger partial charge in [-0.15, -0.1) is 0 Å². The number of hydrogen-bond acceptors (Lipinski definition) is 3. The number of benzene rings is 1. The molecule has 3 nitrogen and oxygen atoms in total. The van der Waals surface area contributed by atoms with E-state index in [9.17, 15) is 8.78 Å². The van der Waals surface area contributed by atoms with Gasteiger partial charge in [0.1, 0.15) is 5.75 Å². The predicted octanol–water partition coefficient (Wildman–Crippen LogP) is 3.41. The Morgan fingerprint density at radius 2 is 2.05 bits per heavy atom. The van der Waals surface area contributed by atoms with Crippen LogP contribution < -0.4 is 10.5 Å². The van der Waals surface area contributed by atoms with Gasteiger partial charge in [0.25, 0.3) is 0 Å². The molecule has 118 valence electrons. The Morgan fingerprint density at radius 1 is 1.33 bits per heavy atom. The molecule has 0 aromatic heterocycles. The molecule has 1 heterocycles. The summed E-state index contributed by atoms with van der Waals surface area (Å²) in [5, 5.41) is 0. The van der Waals surface area contributed by atoms with Gasteiger partial charge in [-0.25, -0.2) is 0 Å². The van der Waals surface area contributed by atoms with Crippen molar-refractivity contribution in [2.24, 2.45) is 11.7 Å². The molecule has 21 heavy (non-hydrogen) atoms. The number of rotatable bonds is 6. The van der Waals surface area contributed by atoms with Crippen LogP contribution in [0.2, 0.25) is 0 Å². The Kier molecular flexibility index (Phi) is 5.53. The first kappa shape index (κ1) is 16.2. The predicted molar refractivity (Wildman–Crippen MR) is 79.4 cm³/mol. The topological polar surface area (TPSA) is 38.5 Å². The lowest BCUT2D eigenvalue weighted by Gasteiger charge is -2.35. The van der Waals surface area contributed by atoms with Crippen LogP contribution in [0.25, 0.3) is 0 Å². The molecule has 0 amide bonds. The monoisotopic (exact) mass is 298 g/mol. The van der Waals surface area contributed by atoms with E-state index in [-0.39, 0.29) is 11.8 Å². The molecule has 0 radical (unpaired) electrons. The Hall–Kier alpha value is -1.20. The van der Waals surface area contributed by atoms with Crippen molar-refractivity contribution in [3.05, 3.63) is 29.8 Å². The SMILES string of the molecule is CC(C)C1CCCN1C(CN)c1ccccc1OC(F)F. The number of hydrogen-bond donors (Lipinski definition) is 1. The highest BCUT2D eigenvalue weighted by molar-refractivity contribution is 5.36. The van der Waals surface area contributed by atoms with E-state index in [0.717, 1.165) is 24.9 Å². The second-order valence-corrected chi connectivity index (χ2v) is 5.86. The molecule has 2 N–H and O–H groups in total. The maximum atomic E-state index is 12.6. The third kappa shape index (κ3) is 3.71. The second-order valence-electron chi connectivity index (χ2n) is 5.86. The molecule has 2 atom stereocenters. The van der Waals surface area contributed by atoms with Gasteiger partial charge in [0.2, 0.25) is 0 Å². The van der Waals surface area contributed by atoms with Gasteiger partial charge in [-0.3, -0.25) is 4.90 Å². The Balaban J connectivity index is 2.29. The molecule has 0 spiro atoms. The van der Waals surface area contributed by atoms with Crippen molar-refractivity contribution in [2.45, 2.75) is 45.4 Å². The van der Waals surface area contributed by atoms with Crippen LogP contribution in [0, 0.1) is 5.92 Å². The van der Waals surface area contributed by atoms with Crippen LogP contribution in [0.5, 0.6) is 5.75 Å². The zero-order valence-corrected chi connectivity index (χ0v) is 12.6. The van der Waals surface area contributed by atoms with Crippen molar-refractivity contribution in [2.75, 3.05) is 13.1 Å². The van der Waals surface area contributed by atoms with Crippen LogP contribution in [0.3, 0.4) is 0 Å². The first-order chi connectivity index (χ1) is 10.0. The van der Waals surface area contributed by atoms with E-state index < -0.39 is 6.61 Å². The first-order valence-corrected chi connectivity index (χ1v) is 7.54. The third-order valence-corrected chi connectivity index (χ3v) is 4.23. The number of halogens is 2. The molecule has 1 aromatic carbocycles. The largest absolute Gasteiger partial charge is 0.434 e. The van der Waals surface area contributed by atoms with Crippen LogP contribution in [0.4, 0.5) is 8.78 Å². The fourth-order valence-corrected chi connectivity index (χ4v) is 3.32. The van der Waals surface area contributed by atoms with Crippen molar-refractivity contribution in [3.63, 3.8) is 0 Å². The van der Waals surface area contributed by atoms with Crippen molar-refractivity contribution >= 4 is 0 Å². The average Bonchev–Trinajstić information content (AvgIpc) is 2.90. The van der Waals surface area contributed by atoms with Crippen molar-refractivity contribution in [1.29, 1.82) is 0 Å². The first-order valence-electron chi connectivity index (χ1n) is 7.54. The van der Waals surface area contributed by atoms with E-state index in [1.54, 1.807) is 12.1 Å². The van der Waals surface area contributed by atoms with Gasteiger partial charge in [0.05, 0.1) is 6.04 Å². The summed E-state index contributed by atoms with van der Waals surface area (Å²) in [5.41, 5.74) is 6.72. The van der Waals surface area contributed by atoms with Gasteiger partial charge < -0.3 is 10.5 Å². The third-order valence-electron chi connectivity index (χ3n) is 4.23. The minimum absolute atomic E-state index is 0.0742. The molecule has 1 aliphatic heterocycles. The molecule has 1 aromatic rings. The summed E-state index contributed by atoms with van der Waals surface area (Å²) in [6.45, 7) is 2.92. The molecule has 0 aliphatic carbocycles. The molecule has 1 saturated heterocycles. The van der Waals surface area contributed by atoms with E-state index >= 15 is 0 Å². The van der Waals surface area contributed by atoms with Crippen molar-refractivity contribution in [3.8, 4) is 5.75 Å². The number of alkyl halides is 2. The van der Waals surface area contributed by atoms with E-state index in [4.69, 9.17) is 5.73 Å². The zero-order chi connectivity index (χ0) is 15.4. The number of ether oxygens (including phenoxy) is 1. The van der Waals surface area contributed by atoms with Gasteiger partial charge in [-0.05, 0) is 31.4 Å². The van der Waals surface area contributed by atoms with Crippen LogP contribution in [-0.2, 0) is 0 Å². The molecular formula is C16H24F2N2O. The highest BCUT2D eigenvalue weighted by atomic mass is 19.3. The van der Waals surface area contributed by atoms with Gasteiger partial charge in [-0.1, -0.05) is 32.0 Å². The number of nitrogens with two attached hydrogens (primary N) is 1. The molecule has 1 aliphatic rings. The summed E-state index contributed by atoms with van der Waals surface area (Å²) >= 11 is 0. The Labute approximate surface area is 125 Å². The molecule has 1 fully saturated rings. The maximum Gasteiger partial charge on any atom is 0.387 e. The molecule has 2 rings (SSSR count). The summed E-state index contributed by atoms with van der Waals surface area (Å²) in [6.07, 6.45) is 2.25. The van der Waals surface area contributed by atoms with Crippen molar-refractivity contribution < 1.29 is 13.5 Å². The van der Waals surface area contributed by atoms with Gasteiger partial charge in [0, 0.05) is 18.2 Å². The molecule has 0 bridgehead atoms. The number of likely N-dealkylation sites (tertiary alicyclic amines) is 1. The minimum atomic E-state index is -2.82. The number of nitrogens with zero attached hydrogens (tertiary/aromatic N) is 1. The molecule has 5 heteroatoms. The average molecular weight is 298 g/mol. The van der Waals surface area contributed by atoms with E-state index in [1.807, 2.05) is 12.1 Å². The summed E-state index contributed by atoms with van der Waals surface area (Å²) in [7, 11) is 0. The quantitative estimate of drug-likeness (QED) is 0.874. The summed E-state index contributed by atoms with van der Waals surface area (Å²) in [6, 6.07) is 7.35. The Morgan fingerprint density at radius 3 is 2.67 bits per heavy atom. The van der Waals surface area contributed by atoms with Crippen LogP contribution in [0.1, 0.15) is 38.3 Å². The highest BCUT2D eigenvalue weighted by Gasteiger charge is 2.33. The van der Waals surface area contributed by atoms with Crippen LogP contribution in [-0.4, -0.2) is 30.6 Å². The number of para-hydroxylation sites is 1.